The van der Waals surface area contributed by atoms with Crippen LogP contribution in [-0.2, 0) is 10.0 Å². The van der Waals surface area contributed by atoms with Crippen LogP contribution in [0.1, 0.15) is 11.1 Å². The fourth-order valence-corrected chi connectivity index (χ4v) is 2.81. The maximum Gasteiger partial charge on any atom is 0.261 e. The molecule has 0 atom stereocenters. The van der Waals surface area contributed by atoms with Crippen molar-refractivity contribution in [2.75, 3.05) is 4.72 Å². The van der Waals surface area contributed by atoms with Crippen molar-refractivity contribution in [1.82, 2.24) is 0 Å². The molecular formula is C15H14FNO2S. The highest BCUT2D eigenvalue weighted by atomic mass is 32.2. The van der Waals surface area contributed by atoms with E-state index in [-0.39, 0.29) is 10.6 Å². The summed E-state index contributed by atoms with van der Waals surface area (Å²) in [7, 11) is -3.73. The Morgan fingerprint density at radius 2 is 1.80 bits per heavy atom. The van der Waals surface area contributed by atoms with Crippen molar-refractivity contribution in [3.05, 3.63) is 66.0 Å². The number of aryl methyl sites for hydroxylation is 1. The Hall–Kier alpha value is -2.14. The molecule has 2 rings (SSSR count). The smallest absolute Gasteiger partial charge is 0.261 e. The van der Waals surface area contributed by atoms with Crippen LogP contribution in [0.5, 0.6) is 0 Å². The van der Waals surface area contributed by atoms with Crippen LogP contribution in [0.3, 0.4) is 0 Å². The molecule has 0 bridgehead atoms. The number of rotatable bonds is 4. The molecule has 3 nitrogen and oxygen atoms in total. The standard InChI is InChI=1S/C15H14FNO2S/c1-3-12-5-8-14(9-6-12)20(18,19)17-15-10-13(16)7-4-11(15)2/h3-10,17H,1H2,2H3. The maximum atomic E-state index is 13.2. The van der Waals surface area contributed by atoms with E-state index in [1.54, 1.807) is 25.1 Å². The Bertz CT molecular complexity index is 737. The SMILES string of the molecule is C=Cc1ccc(S(=O)(=O)Nc2cc(F)ccc2C)cc1. The van der Waals surface area contributed by atoms with Gasteiger partial charge in [-0.25, -0.2) is 12.8 Å². The molecular weight excluding hydrogens is 277 g/mol. The minimum Gasteiger partial charge on any atom is -0.279 e. The van der Waals surface area contributed by atoms with Crippen molar-refractivity contribution in [3.63, 3.8) is 0 Å². The van der Waals surface area contributed by atoms with Crippen LogP contribution in [0.4, 0.5) is 10.1 Å². The average Bonchev–Trinajstić information content (AvgIpc) is 2.43. The monoisotopic (exact) mass is 291 g/mol. The fourth-order valence-electron chi connectivity index (χ4n) is 1.69. The van der Waals surface area contributed by atoms with Crippen molar-refractivity contribution in [3.8, 4) is 0 Å². The summed E-state index contributed by atoms with van der Waals surface area (Å²) in [6, 6.07) is 10.2. The van der Waals surface area contributed by atoms with E-state index in [9.17, 15) is 12.8 Å². The molecule has 0 aliphatic rings. The van der Waals surface area contributed by atoms with Gasteiger partial charge in [0.05, 0.1) is 10.6 Å². The first-order valence-corrected chi connectivity index (χ1v) is 7.42. The van der Waals surface area contributed by atoms with E-state index < -0.39 is 15.8 Å². The number of hydrogen-bond acceptors (Lipinski definition) is 2. The van der Waals surface area contributed by atoms with Crippen LogP contribution >= 0.6 is 0 Å². The molecule has 1 N–H and O–H groups in total. The van der Waals surface area contributed by atoms with Gasteiger partial charge in [0.2, 0.25) is 0 Å². The van der Waals surface area contributed by atoms with Crippen molar-refractivity contribution < 1.29 is 12.8 Å². The third-order valence-electron chi connectivity index (χ3n) is 2.87. The van der Waals surface area contributed by atoms with Crippen molar-refractivity contribution in [1.29, 1.82) is 0 Å². The zero-order valence-electron chi connectivity index (χ0n) is 10.9. The van der Waals surface area contributed by atoms with Crippen LogP contribution < -0.4 is 4.72 Å². The summed E-state index contributed by atoms with van der Waals surface area (Å²) in [5, 5.41) is 0. The summed E-state index contributed by atoms with van der Waals surface area (Å²) < 4.78 is 40.0. The third-order valence-corrected chi connectivity index (χ3v) is 4.25. The first kappa shape index (κ1) is 14.3. The number of anilines is 1. The Kier molecular flexibility index (Phi) is 3.90. The maximum absolute atomic E-state index is 13.2. The van der Waals surface area contributed by atoms with Crippen LogP contribution in [-0.4, -0.2) is 8.42 Å². The van der Waals surface area contributed by atoms with Crippen molar-refractivity contribution in [2.24, 2.45) is 0 Å². The van der Waals surface area contributed by atoms with Gasteiger partial charge >= 0.3 is 0 Å². The van der Waals surface area contributed by atoms with Gasteiger partial charge in [-0.15, -0.1) is 0 Å². The lowest BCUT2D eigenvalue weighted by atomic mass is 10.2. The van der Waals surface area contributed by atoms with Crippen LogP contribution in [0.15, 0.2) is 53.9 Å². The molecule has 104 valence electrons. The Morgan fingerprint density at radius 3 is 2.40 bits per heavy atom. The van der Waals surface area contributed by atoms with Gasteiger partial charge in [-0.2, -0.15) is 0 Å². The molecule has 0 saturated heterocycles. The zero-order valence-corrected chi connectivity index (χ0v) is 11.7. The molecule has 0 aliphatic heterocycles. The fraction of sp³-hybridized carbons (Fsp3) is 0.0667. The highest BCUT2D eigenvalue weighted by Gasteiger charge is 2.15. The Balaban J connectivity index is 2.35. The van der Waals surface area contributed by atoms with Crippen molar-refractivity contribution >= 4 is 21.8 Å². The zero-order chi connectivity index (χ0) is 14.8. The predicted octanol–water partition coefficient (Wildman–Crippen LogP) is 3.58. The van der Waals surface area contributed by atoms with Gasteiger partial charge in [0.1, 0.15) is 5.82 Å². The molecule has 0 spiro atoms. The number of nitrogens with one attached hydrogen (secondary N) is 1. The highest BCUT2D eigenvalue weighted by Crippen LogP contribution is 2.21. The van der Waals surface area contributed by atoms with Gasteiger partial charge in [0, 0.05) is 0 Å². The first-order chi connectivity index (χ1) is 9.42. The highest BCUT2D eigenvalue weighted by molar-refractivity contribution is 7.92. The molecule has 5 heteroatoms. The lowest BCUT2D eigenvalue weighted by Crippen LogP contribution is -2.13. The van der Waals surface area contributed by atoms with E-state index in [4.69, 9.17) is 0 Å². The summed E-state index contributed by atoms with van der Waals surface area (Å²) in [6.07, 6.45) is 1.63. The third kappa shape index (κ3) is 3.05. The minimum atomic E-state index is -3.73. The second-order valence-corrected chi connectivity index (χ2v) is 6.02. The quantitative estimate of drug-likeness (QED) is 0.936. The number of benzene rings is 2. The predicted molar refractivity (Wildman–Crippen MR) is 78.5 cm³/mol. The summed E-state index contributed by atoms with van der Waals surface area (Å²) in [5.74, 6) is -0.490. The molecule has 0 fully saturated rings. The second-order valence-electron chi connectivity index (χ2n) is 4.34. The number of halogens is 1. The first-order valence-electron chi connectivity index (χ1n) is 5.94. The molecule has 20 heavy (non-hydrogen) atoms. The summed E-state index contributed by atoms with van der Waals surface area (Å²) in [6.45, 7) is 5.31. The molecule has 0 aromatic heterocycles. The molecule has 0 unspecified atom stereocenters. The molecule has 2 aromatic carbocycles. The van der Waals surface area contributed by atoms with E-state index in [0.717, 1.165) is 11.6 Å². The van der Waals surface area contributed by atoms with Gasteiger partial charge in [-0.3, -0.25) is 4.72 Å². The van der Waals surface area contributed by atoms with Gasteiger partial charge in [0.25, 0.3) is 10.0 Å². The summed E-state index contributed by atoms with van der Waals surface area (Å²) >= 11 is 0. The molecule has 0 saturated carbocycles. The van der Waals surface area contributed by atoms with E-state index in [1.165, 1.54) is 24.3 Å². The molecule has 0 radical (unpaired) electrons. The average molecular weight is 291 g/mol. The van der Waals surface area contributed by atoms with Gasteiger partial charge in [-0.1, -0.05) is 30.9 Å². The van der Waals surface area contributed by atoms with Gasteiger partial charge in [0.15, 0.2) is 0 Å². The van der Waals surface area contributed by atoms with Crippen LogP contribution in [0, 0.1) is 12.7 Å². The Labute approximate surface area is 117 Å². The lowest BCUT2D eigenvalue weighted by Gasteiger charge is -2.10. The molecule has 0 amide bonds. The molecule has 0 heterocycles. The van der Waals surface area contributed by atoms with E-state index in [0.29, 0.717) is 5.56 Å². The number of hydrogen-bond donors (Lipinski definition) is 1. The van der Waals surface area contributed by atoms with Gasteiger partial charge in [-0.05, 0) is 42.3 Å². The largest absolute Gasteiger partial charge is 0.279 e. The van der Waals surface area contributed by atoms with Gasteiger partial charge < -0.3 is 0 Å². The molecule has 0 aliphatic carbocycles. The summed E-state index contributed by atoms with van der Waals surface area (Å²) in [5.41, 5.74) is 1.71. The van der Waals surface area contributed by atoms with E-state index in [2.05, 4.69) is 11.3 Å². The van der Waals surface area contributed by atoms with Crippen LogP contribution in [0.2, 0.25) is 0 Å². The van der Waals surface area contributed by atoms with Crippen LogP contribution in [0.25, 0.3) is 6.08 Å². The Morgan fingerprint density at radius 1 is 1.15 bits per heavy atom. The number of sulfonamides is 1. The minimum absolute atomic E-state index is 0.117. The molecule has 2 aromatic rings. The van der Waals surface area contributed by atoms with E-state index in [1.807, 2.05) is 0 Å². The van der Waals surface area contributed by atoms with Crippen molar-refractivity contribution in [2.45, 2.75) is 11.8 Å². The lowest BCUT2D eigenvalue weighted by molar-refractivity contribution is 0.601. The van der Waals surface area contributed by atoms with E-state index >= 15 is 0 Å². The summed E-state index contributed by atoms with van der Waals surface area (Å²) in [4.78, 5) is 0.117. The second kappa shape index (κ2) is 5.46. The normalized spacial score (nSPS) is 11.1. The topological polar surface area (TPSA) is 46.2 Å².